The van der Waals surface area contributed by atoms with Gasteiger partial charge < -0.3 is 9.84 Å². The lowest BCUT2D eigenvalue weighted by molar-refractivity contribution is -0.158. The first-order valence-electron chi connectivity index (χ1n) is 10.6. The lowest BCUT2D eigenvalue weighted by atomic mass is 9.79. The summed E-state index contributed by atoms with van der Waals surface area (Å²) in [7, 11) is 0. The summed E-state index contributed by atoms with van der Waals surface area (Å²) in [6, 6.07) is 28.1. The van der Waals surface area contributed by atoms with Gasteiger partial charge in [0.15, 0.2) is 0 Å². The van der Waals surface area contributed by atoms with E-state index in [0.29, 0.717) is 13.0 Å². The Morgan fingerprint density at radius 1 is 0.900 bits per heavy atom. The highest BCUT2D eigenvalue weighted by molar-refractivity contribution is 5.74. The van der Waals surface area contributed by atoms with Gasteiger partial charge in [0.25, 0.3) is 0 Å². The number of aliphatic hydroxyl groups is 1. The van der Waals surface area contributed by atoms with Gasteiger partial charge in [-0.2, -0.15) is 0 Å². The fourth-order valence-corrected chi connectivity index (χ4v) is 3.86. The van der Waals surface area contributed by atoms with Crippen LogP contribution in [0.1, 0.15) is 37.8 Å². The molecule has 0 aliphatic heterocycles. The molecule has 0 saturated heterocycles. The maximum atomic E-state index is 12.7. The standard InChI is InChI=1S/C27H30O3/c1-3-30-26(28)25(16-10-13-21-11-6-4-7-12-21)27(2,29)24-19-17-23(18-20-24)22-14-8-5-9-15-22/h4-9,11-12,14-15,17-20,25,29H,3,10,13,16H2,1-2H3. The third-order valence-electron chi connectivity index (χ3n) is 5.63. The zero-order chi connectivity index (χ0) is 21.4. The lowest BCUT2D eigenvalue weighted by Gasteiger charge is -2.32. The third-order valence-corrected chi connectivity index (χ3v) is 5.63. The van der Waals surface area contributed by atoms with E-state index in [1.807, 2.05) is 60.7 Å². The van der Waals surface area contributed by atoms with Crippen molar-refractivity contribution in [3.8, 4) is 11.1 Å². The van der Waals surface area contributed by atoms with Crippen LogP contribution in [0.2, 0.25) is 0 Å². The molecule has 0 heterocycles. The summed E-state index contributed by atoms with van der Waals surface area (Å²) >= 11 is 0. The molecule has 3 rings (SSSR count). The molecule has 30 heavy (non-hydrogen) atoms. The van der Waals surface area contributed by atoms with Crippen LogP contribution in [0.5, 0.6) is 0 Å². The lowest BCUT2D eigenvalue weighted by Crippen LogP contribution is -2.38. The van der Waals surface area contributed by atoms with E-state index in [0.717, 1.165) is 29.5 Å². The molecule has 3 heteroatoms. The van der Waals surface area contributed by atoms with Gasteiger partial charge in [-0.05, 0) is 55.4 Å². The predicted octanol–water partition coefficient (Wildman–Crippen LogP) is 5.76. The molecule has 156 valence electrons. The highest BCUT2D eigenvalue weighted by atomic mass is 16.5. The minimum Gasteiger partial charge on any atom is -0.466 e. The van der Waals surface area contributed by atoms with E-state index in [4.69, 9.17) is 4.74 Å². The van der Waals surface area contributed by atoms with E-state index in [9.17, 15) is 9.90 Å². The Kier molecular flexibility index (Phi) is 7.42. The van der Waals surface area contributed by atoms with Gasteiger partial charge in [-0.1, -0.05) is 84.9 Å². The molecule has 3 nitrogen and oxygen atoms in total. The Bertz CT molecular complexity index is 915. The summed E-state index contributed by atoms with van der Waals surface area (Å²) in [6.45, 7) is 3.81. The average molecular weight is 403 g/mol. The maximum Gasteiger partial charge on any atom is 0.312 e. The zero-order valence-corrected chi connectivity index (χ0v) is 17.8. The van der Waals surface area contributed by atoms with Gasteiger partial charge in [-0.15, -0.1) is 0 Å². The van der Waals surface area contributed by atoms with Crippen molar-refractivity contribution in [3.05, 3.63) is 96.1 Å². The Morgan fingerprint density at radius 2 is 1.47 bits per heavy atom. The van der Waals surface area contributed by atoms with Gasteiger partial charge >= 0.3 is 5.97 Å². The summed E-state index contributed by atoms with van der Waals surface area (Å²) in [5.74, 6) is -0.966. The molecule has 0 saturated carbocycles. The molecule has 0 fully saturated rings. The van der Waals surface area contributed by atoms with Crippen LogP contribution in [0.25, 0.3) is 11.1 Å². The molecule has 0 aliphatic rings. The monoisotopic (exact) mass is 402 g/mol. The second-order valence-electron chi connectivity index (χ2n) is 7.77. The first-order chi connectivity index (χ1) is 14.5. The van der Waals surface area contributed by atoms with E-state index in [1.165, 1.54) is 5.56 Å². The topological polar surface area (TPSA) is 46.5 Å². The molecule has 0 amide bonds. The van der Waals surface area contributed by atoms with Crippen molar-refractivity contribution in [2.45, 2.75) is 38.7 Å². The van der Waals surface area contributed by atoms with Crippen molar-refractivity contribution < 1.29 is 14.6 Å². The summed E-state index contributed by atoms with van der Waals surface area (Å²) in [4.78, 5) is 12.7. The van der Waals surface area contributed by atoms with Crippen LogP contribution in [0.4, 0.5) is 0 Å². The van der Waals surface area contributed by atoms with E-state index in [-0.39, 0.29) is 5.97 Å². The molecule has 0 radical (unpaired) electrons. The largest absolute Gasteiger partial charge is 0.466 e. The quantitative estimate of drug-likeness (QED) is 0.463. The Hall–Kier alpha value is -2.91. The van der Waals surface area contributed by atoms with E-state index in [2.05, 4.69) is 24.3 Å². The minimum atomic E-state index is -1.31. The molecule has 0 bridgehead atoms. The summed E-state index contributed by atoms with van der Waals surface area (Å²) in [5.41, 5.74) is 2.84. The molecule has 3 aromatic carbocycles. The van der Waals surface area contributed by atoms with E-state index >= 15 is 0 Å². The molecule has 0 aliphatic carbocycles. The highest BCUT2D eigenvalue weighted by Crippen LogP contribution is 2.35. The Balaban J connectivity index is 1.77. The SMILES string of the molecule is CCOC(=O)C(CCCc1ccccc1)C(C)(O)c1ccc(-c2ccccc2)cc1. The van der Waals surface area contributed by atoms with Crippen molar-refractivity contribution >= 4 is 5.97 Å². The first-order valence-corrected chi connectivity index (χ1v) is 10.6. The van der Waals surface area contributed by atoms with Crippen LogP contribution in [0, 0.1) is 5.92 Å². The Morgan fingerprint density at radius 3 is 2.07 bits per heavy atom. The van der Waals surface area contributed by atoms with Crippen molar-refractivity contribution in [3.63, 3.8) is 0 Å². The zero-order valence-electron chi connectivity index (χ0n) is 17.8. The third kappa shape index (κ3) is 5.37. The smallest absolute Gasteiger partial charge is 0.312 e. The molecular weight excluding hydrogens is 372 g/mol. The number of hydrogen-bond acceptors (Lipinski definition) is 3. The average Bonchev–Trinajstić information content (AvgIpc) is 2.78. The molecule has 3 aromatic rings. The summed E-state index contributed by atoms with van der Waals surface area (Å²) in [5, 5.41) is 11.4. The summed E-state index contributed by atoms with van der Waals surface area (Å²) in [6.07, 6.45) is 2.21. The molecule has 0 spiro atoms. The number of esters is 1. The van der Waals surface area contributed by atoms with Crippen LogP contribution in [0.15, 0.2) is 84.9 Å². The fraction of sp³-hybridized carbons (Fsp3) is 0.296. The van der Waals surface area contributed by atoms with Gasteiger partial charge in [-0.25, -0.2) is 0 Å². The van der Waals surface area contributed by atoms with Crippen LogP contribution in [-0.4, -0.2) is 17.7 Å². The molecule has 2 unspecified atom stereocenters. The minimum absolute atomic E-state index is 0.303. The van der Waals surface area contributed by atoms with Gasteiger partial charge in [0.2, 0.25) is 0 Å². The van der Waals surface area contributed by atoms with Gasteiger partial charge in [-0.3, -0.25) is 4.79 Å². The number of ether oxygens (including phenoxy) is 1. The second kappa shape index (κ2) is 10.2. The molecular formula is C27H30O3. The second-order valence-corrected chi connectivity index (χ2v) is 7.77. The van der Waals surface area contributed by atoms with Crippen LogP contribution >= 0.6 is 0 Å². The number of aryl methyl sites for hydroxylation is 1. The van der Waals surface area contributed by atoms with Crippen molar-refractivity contribution in [1.82, 2.24) is 0 Å². The van der Waals surface area contributed by atoms with Gasteiger partial charge in [0.05, 0.1) is 12.5 Å². The van der Waals surface area contributed by atoms with E-state index < -0.39 is 11.5 Å². The highest BCUT2D eigenvalue weighted by Gasteiger charge is 2.39. The van der Waals surface area contributed by atoms with Crippen molar-refractivity contribution in [2.75, 3.05) is 6.61 Å². The molecule has 2 atom stereocenters. The first kappa shape index (κ1) is 21.8. The normalized spacial score (nSPS) is 14.0. The van der Waals surface area contributed by atoms with E-state index in [1.54, 1.807) is 13.8 Å². The Labute approximate surface area is 179 Å². The van der Waals surface area contributed by atoms with Crippen LogP contribution in [0.3, 0.4) is 0 Å². The van der Waals surface area contributed by atoms with Crippen LogP contribution < -0.4 is 0 Å². The van der Waals surface area contributed by atoms with Gasteiger partial charge in [0, 0.05) is 0 Å². The van der Waals surface area contributed by atoms with Crippen LogP contribution in [-0.2, 0) is 21.6 Å². The van der Waals surface area contributed by atoms with Gasteiger partial charge in [0.1, 0.15) is 5.60 Å². The number of hydrogen-bond donors (Lipinski definition) is 1. The fourth-order valence-electron chi connectivity index (χ4n) is 3.86. The van der Waals surface area contributed by atoms with Crippen molar-refractivity contribution in [1.29, 1.82) is 0 Å². The number of benzene rings is 3. The molecule has 0 aromatic heterocycles. The predicted molar refractivity (Wildman–Crippen MR) is 121 cm³/mol. The molecule has 1 N–H and O–H groups in total. The number of carbonyl (C=O) groups excluding carboxylic acids is 1. The number of carbonyl (C=O) groups is 1. The van der Waals surface area contributed by atoms with Crippen molar-refractivity contribution in [2.24, 2.45) is 5.92 Å². The summed E-state index contributed by atoms with van der Waals surface area (Å²) < 4.78 is 5.31. The number of rotatable bonds is 9. The maximum absolute atomic E-state index is 12.7.